The van der Waals surface area contributed by atoms with Crippen LogP contribution in [0.2, 0.25) is 0 Å². The molecule has 0 amide bonds. The van der Waals surface area contributed by atoms with Gasteiger partial charge in [0.1, 0.15) is 0 Å². The zero-order chi connectivity index (χ0) is 8.27. The number of nitrogens with one attached hydrogen (secondary N) is 1. The largest absolute Gasteiger partial charge is 0.388 e. The monoisotopic (exact) mass is 153 g/mol. The Kier molecular flexibility index (Phi) is 2.98. The van der Waals surface area contributed by atoms with Crippen LogP contribution in [-0.2, 0) is 0 Å². The maximum atomic E-state index is 3.47. The van der Waals surface area contributed by atoms with E-state index in [1.54, 1.807) is 5.57 Å². The molecule has 0 fully saturated rings. The summed E-state index contributed by atoms with van der Waals surface area (Å²) in [5.74, 6) is 0.752. The lowest BCUT2D eigenvalue weighted by Gasteiger charge is -2.13. The minimum atomic E-state index is 0.752. The number of hydrogen-bond acceptors (Lipinski definition) is 1. The zero-order valence-electron chi connectivity index (χ0n) is 7.91. The first-order valence-electron chi connectivity index (χ1n) is 4.69. The number of allylic oxidation sites excluding steroid dienone is 1. The van der Waals surface area contributed by atoms with Crippen LogP contribution in [0, 0.1) is 5.92 Å². The molecule has 0 aromatic rings. The number of rotatable bonds is 3. The van der Waals surface area contributed by atoms with Gasteiger partial charge in [0.15, 0.2) is 0 Å². The van der Waals surface area contributed by atoms with E-state index >= 15 is 0 Å². The fraction of sp³-hybridized carbons (Fsp3) is 0.800. The molecule has 0 bridgehead atoms. The third-order valence-electron chi connectivity index (χ3n) is 2.49. The minimum Gasteiger partial charge on any atom is -0.388 e. The maximum Gasteiger partial charge on any atom is 0.0181 e. The molecule has 1 rings (SSSR count). The van der Waals surface area contributed by atoms with Gasteiger partial charge in [0, 0.05) is 12.2 Å². The molecule has 1 heteroatoms. The molecule has 1 N–H and O–H groups in total. The Balaban J connectivity index is 2.51. The summed E-state index contributed by atoms with van der Waals surface area (Å²) >= 11 is 0. The summed E-state index contributed by atoms with van der Waals surface area (Å²) in [5, 5.41) is 3.47. The van der Waals surface area contributed by atoms with Crippen molar-refractivity contribution < 1.29 is 0 Å². The molecule has 0 aliphatic carbocycles. The molecule has 0 radical (unpaired) electrons. The first kappa shape index (κ1) is 8.63. The molecule has 1 aliphatic rings. The molecule has 11 heavy (non-hydrogen) atoms. The van der Waals surface area contributed by atoms with Crippen molar-refractivity contribution >= 4 is 0 Å². The predicted octanol–water partition coefficient (Wildman–Crippen LogP) is 2.69. The lowest BCUT2D eigenvalue weighted by Crippen LogP contribution is -2.14. The van der Waals surface area contributed by atoms with Crippen molar-refractivity contribution in [3.05, 3.63) is 11.3 Å². The van der Waals surface area contributed by atoms with Gasteiger partial charge in [-0.05, 0) is 25.7 Å². The predicted molar refractivity (Wildman–Crippen MR) is 49.4 cm³/mol. The Morgan fingerprint density at radius 1 is 1.55 bits per heavy atom. The molecule has 1 aliphatic heterocycles. The van der Waals surface area contributed by atoms with E-state index in [1.165, 1.54) is 25.0 Å². The fourth-order valence-corrected chi connectivity index (χ4v) is 1.84. The molecule has 0 aromatic carbocycles. The molecule has 1 atom stereocenters. The second-order valence-corrected chi connectivity index (χ2v) is 3.56. The van der Waals surface area contributed by atoms with Gasteiger partial charge in [-0.25, -0.2) is 0 Å². The average Bonchev–Trinajstić information content (AvgIpc) is 2.36. The van der Waals surface area contributed by atoms with Gasteiger partial charge in [-0.1, -0.05) is 25.8 Å². The third kappa shape index (κ3) is 1.98. The second-order valence-electron chi connectivity index (χ2n) is 3.56. The Morgan fingerprint density at radius 2 is 2.27 bits per heavy atom. The summed E-state index contributed by atoms with van der Waals surface area (Å²) in [6.07, 6.45) is 3.86. The van der Waals surface area contributed by atoms with Crippen molar-refractivity contribution in [2.24, 2.45) is 5.92 Å². The van der Waals surface area contributed by atoms with Crippen LogP contribution in [0.3, 0.4) is 0 Å². The highest BCUT2D eigenvalue weighted by atomic mass is 14.9. The van der Waals surface area contributed by atoms with Crippen molar-refractivity contribution in [3.63, 3.8) is 0 Å². The quantitative estimate of drug-likeness (QED) is 0.657. The zero-order valence-corrected chi connectivity index (χ0v) is 7.91. The molecule has 64 valence electrons. The van der Waals surface area contributed by atoms with Crippen LogP contribution in [0.4, 0.5) is 0 Å². The highest BCUT2D eigenvalue weighted by Crippen LogP contribution is 2.22. The summed E-state index contributed by atoms with van der Waals surface area (Å²) < 4.78 is 0. The van der Waals surface area contributed by atoms with Crippen molar-refractivity contribution in [2.75, 3.05) is 6.54 Å². The van der Waals surface area contributed by atoms with Crippen LogP contribution < -0.4 is 5.32 Å². The van der Waals surface area contributed by atoms with Gasteiger partial charge in [-0.2, -0.15) is 0 Å². The van der Waals surface area contributed by atoms with E-state index in [0.717, 1.165) is 12.5 Å². The van der Waals surface area contributed by atoms with Crippen LogP contribution in [0.15, 0.2) is 11.3 Å². The summed E-state index contributed by atoms with van der Waals surface area (Å²) in [7, 11) is 0. The summed E-state index contributed by atoms with van der Waals surface area (Å²) in [6, 6.07) is 0. The first-order valence-corrected chi connectivity index (χ1v) is 4.69. The smallest absolute Gasteiger partial charge is 0.0181 e. The van der Waals surface area contributed by atoms with E-state index in [2.05, 4.69) is 26.1 Å². The molecule has 0 unspecified atom stereocenters. The van der Waals surface area contributed by atoms with E-state index in [4.69, 9.17) is 0 Å². The second kappa shape index (κ2) is 3.80. The van der Waals surface area contributed by atoms with Gasteiger partial charge in [-0.3, -0.25) is 0 Å². The standard InChI is InChI=1S/C10H19N/c1-4-5-8(2)10-9(3)6-7-11-10/h8,11H,4-7H2,1-3H3/t8-/m1/s1. The SMILES string of the molecule is CCC[C@@H](C)C1=C(C)CCN1. The third-order valence-corrected chi connectivity index (χ3v) is 2.49. The van der Waals surface area contributed by atoms with E-state index in [9.17, 15) is 0 Å². The lowest BCUT2D eigenvalue weighted by molar-refractivity contribution is 0.568. The molecule has 1 nitrogen and oxygen atoms in total. The van der Waals surface area contributed by atoms with Crippen LogP contribution in [0.25, 0.3) is 0 Å². The molecular formula is C10H19N. The molecule has 0 spiro atoms. The van der Waals surface area contributed by atoms with Crippen molar-refractivity contribution in [3.8, 4) is 0 Å². The lowest BCUT2D eigenvalue weighted by atomic mass is 10.00. The molecule has 0 saturated heterocycles. The van der Waals surface area contributed by atoms with E-state index in [0.29, 0.717) is 0 Å². The van der Waals surface area contributed by atoms with Gasteiger partial charge in [0.2, 0.25) is 0 Å². The van der Waals surface area contributed by atoms with Crippen molar-refractivity contribution in [1.29, 1.82) is 0 Å². The van der Waals surface area contributed by atoms with E-state index < -0.39 is 0 Å². The van der Waals surface area contributed by atoms with Gasteiger partial charge in [0.25, 0.3) is 0 Å². The highest BCUT2D eigenvalue weighted by molar-refractivity contribution is 5.18. The highest BCUT2D eigenvalue weighted by Gasteiger charge is 2.14. The summed E-state index contributed by atoms with van der Waals surface area (Å²) in [6.45, 7) is 7.98. The number of hydrogen-bond donors (Lipinski definition) is 1. The van der Waals surface area contributed by atoms with Crippen molar-refractivity contribution in [2.45, 2.75) is 40.0 Å². The topological polar surface area (TPSA) is 12.0 Å². The van der Waals surface area contributed by atoms with Crippen molar-refractivity contribution in [1.82, 2.24) is 5.32 Å². The summed E-state index contributed by atoms with van der Waals surface area (Å²) in [5.41, 5.74) is 3.10. The molecule has 0 saturated carbocycles. The Hall–Kier alpha value is -0.460. The van der Waals surface area contributed by atoms with Crippen LogP contribution in [0.5, 0.6) is 0 Å². The Bertz CT molecular complexity index is 158. The van der Waals surface area contributed by atoms with Gasteiger partial charge < -0.3 is 5.32 Å². The van der Waals surface area contributed by atoms with Gasteiger partial charge in [-0.15, -0.1) is 0 Å². The maximum absolute atomic E-state index is 3.47. The van der Waals surface area contributed by atoms with Gasteiger partial charge in [0.05, 0.1) is 0 Å². The Morgan fingerprint density at radius 3 is 2.73 bits per heavy atom. The average molecular weight is 153 g/mol. The van der Waals surface area contributed by atoms with E-state index in [1.807, 2.05) is 0 Å². The van der Waals surface area contributed by atoms with Crippen LogP contribution >= 0.6 is 0 Å². The van der Waals surface area contributed by atoms with Gasteiger partial charge >= 0.3 is 0 Å². The molecule has 1 heterocycles. The minimum absolute atomic E-state index is 0.752. The first-order chi connectivity index (χ1) is 5.25. The van der Waals surface area contributed by atoms with E-state index in [-0.39, 0.29) is 0 Å². The fourth-order valence-electron chi connectivity index (χ4n) is 1.84. The molecular weight excluding hydrogens is 134 g/mol. The normalized spacial score (nSPS) is 20.3. The van der Waals surface area contributed by atoms with Crippen LogP contribution in [0.1, 0.15) is 40.0 Å². The molecule has 0 aromatic heterocycles. The summed E-state index contributed by atoms with van der Waals surface area (Å²) in [4.78, 5) is 0. The van der Waals surface area contributed by atoms with Crippen LogP contribution in [-0.4, -0.2) is 6.54 Å². The Labute approximate surface area is 69.9 Å².